The van der Waals surface area contributed by atoms with Crippen LogP contribution in [0.15, 0.2) is 12.1 Å². The van der Waals surface area contributed by atoms with Gasteiger partial charge in [-0.05, 0) is 37.0 Å². The topological polar surface area (TPSA) is 0 Å². The van der Waals surface area contributed by atoms with E-state index in [0.29, 0.717) is 17.0 Å². The van der Waals surface area contributed by atoms with Gasteiger partial charge in [0.1, 0.15) is 11.6 Å². The minimum Gasteiger partial charge on any atom is -0.207 e. The number of aryl methyl sites for hydroxylation is 1. The van der Waals surface area contributed by atoms with E-state index in [4.69, 9.17) is 0 Å². The Labute approximate surface area is 97.8 Å². The van der Waals surface area contributed by atoms with Gasteiger partial charge in [0, 0.05) is 10.4 Å². The molecule has 1 unspecified atom stereocenters. The summed E-state index contributed by atoms with van der Waals surface area (Å²) in [5.41, 5.74) is 0.757. The van der Waals surface area contributed by atoms with Gasteiger partial charge in [0.2, 0.25) is 0 Å². The van der Waals surface area contributed by atoms with Crippen LogP contribution in [0.25, 0.3) is 0 Å². The van der Waals surface area contributed by atoms with Gasteiger partial charge in [-0.15, -0.1) is 0 Å². The van der Waals surface area contributed by atoms with Crippen LogP contribution < -0.4 is 0 Å². The highest BCUT2D eigenvalue weighted by Crippen LogP contribution is 2.32. The molecule has 0 saturated carbocycles. The minimum atomic E-state index is -0.348. The summed E-state index contributed by atoms with van der Waals surface area (Å²) >= 11 is 3.39. The quantitative estimate of drug-likeness (QED) is 0.699. The normalized spacial score (nSPS) is 13.3. The fraction of sp³-hybridized carbons (Fsp3) is 0.500. The Hall–Kier alpha value is -0.440. The molecule has 1 aromatic rings. The molecule has 0 heterocycles. The Kier molecular flexibility index (Phi) is 4.26. The van der Waals surface area contributed by atoms with Gasteiger partial charge in [0.05, 0.1) is 0 Å². The van der Waals surface area contributed by atoms with Gasteiger partial charge in [-0.2, -0.15) is 0 Å². The number of benzene rings is 1. The third-order valence-electron chi connectivity index (χ3n) is 2.29. The lowest BCUT2D eigenvalue weighted by Gasteiger charge is -2.14. The maximum absolute atomic E-state index is 13.5. The molecule has 0 aliphatic heterocycles. The summed E-state index contributed by atoms with van der Waals surface area (Å²) in [5, 5.41) is 0. The van der Waals surface area contributed by atoms with Crippen molar-refractivity contribution in [2.24, 2.45) is 5.92 Å². The van der Waals surface area contributed by atoms with E-state index in [1.807, 2.05) is 0 Å². The van der Waals surface area contributed by atoms with E-state index in [1.54, 1.807) is 6.92 Å². The molecular weight excluding hydrogens is 262 g/mol. The van der Waals surface area contributed by atoms with Crippen LogP contribution in [0.2, 0.25) is 0 Å². The molecule has 1 atom stereocenters. The molecule has 15 heavy (non-hydrogen) atoms. The first kappa shape index (κ1) is 12.6. The summed E-state index contributed by atoms with van der Waals surface area (Å²) in [7, 11) is 0. The summed E-state index contributed by atoms with van der Waals surface area (Å²) in [6.45, 7) is 5.67. The zero-order valence-electron chi connectivity index (χ0n) is 9.15. The monoisotopic (exact) mass is 276 g/mol. The first-order valence-corrected chi connectivity index (χ1v) is 5.93. The predicted octanol–water partition coefficient (Wildman–Crippen LogP) is 4.76. The maximum atomic E-state index is 13.5. The Morgan fingerprint density at radius 1 is 1.20 bits per heavy atom. The lowest BCUT2D eigenvalue weighted by atomic mass is 10.0. The molecule has 0 amide bonds. The van der Waals surface area contributed by atoms with Crippen LogP contribution >= 0.6 is 15.9 Å². The van der Waals surface area contributed by atoms with Gasteiger partial charge in [-0.3, -0.25) is 0 Å². The molecule has 84 valence electrons. The molecule has 0 aliphatic carbocycles. The lowest BCUT2D eigenvalue weighted by molar-refractivity contribution is 0.543. The lowest BCUT2D eigenvalue weighted by Crippen LogP contribution is -2.01. The van der Waals surface area contributed by atoms with Crippen LogP contribution in [0.3, 0.4) is 0 Å². The summed E-state index contributed by atoms with van der Waals surface area (Å²) < 4.78 is 26.8. The first-order chi connectivity index (χ1) is 6.91. The van der Waals surface area contributed by atoms with Crippen LogP contribution in [0.5, 0.6) is 0 Å². The average molecular weight is 277 g/mol. The van der Waals surface area contributed by atoms with Crippen molar-refractivity contribution in [2.75, 3.05) is 0 Å². The fourth-order valence-corrected chi connectivity index (χ4v) is 2.54. The third-order valence-corrected chi connectivity index (χ3v) is 3.16. The molecular formula is C12H15BrF2. The zero-order chi connectivity index (χ0) is 11.6. The summed E-state index contributed by atoms with van der Waals surface area (Å²) in [6.07, 6.45) is 0.791. The van der Waals surface area contributed by atoms with Gasteiger partial charge in [0.15, 0.2) is 0 Å². The number of hydrogen-bond acceptors (Lipinski definition) is 0. The highest BCUT2D eigenvalue weighted by atomic mass is 79.9. The van der Waals surface area contributed by atoms with Gasteiger partial charge in [-0.1, -0.05) is 29.8 Å². The molecule has 0 aromatic heterocycles. The van der Waals surface area contributed by atoms with Crippen LogP contribution in [-0.2, 0) is 0 Å². The third kappa shape index (κ3) is 3.26. The van der Waals surface area contributed by atoms with E-state index in [-0.39, 0.29) is 16.5 Å². The maximum Gasteiger partial charge on any atom is 0.128 e. The van der Waals surface area contributed by atoms with Crippen molar-refractivity contribution in [3.05, 3.63) is 34.9 Å². The largest absolute Gasteiger partial charge is 0.207 e. The SMILES string of the molecule is Cc1cc(F)c(C(Br)CC(C)C)cc1F. The molecule has 0 nitrogen and oxygen atoms in total. The molecule has 0 saturated heterocycles. The summed E-state index contributed by atoms with van der Waals surface area (Å²) in [4.78, 5) is -0.118. The van der Waals surface area contributed by atoms with E-state index in [1.165, 1.54) is 12.1 Å². The molecule has 3 heteroatoms. The van der Waals surface area contributed by atoms with Crippen molar-refractivity contribution in [2.45, 2.75) is 32.0 Å². The van der Waals surface area contributed by atoms with E-state index in [2.05, 4.69) is 29.8 Å². The summed E-state index contributed by atoms with van der Waals surface area (Å²) in [5.74, 6) is -0.242. The van der Waals surface area contributed by atoms with E-state index in [9.17, 15) is 8.78 Å². The number of hydrogen-bond donors (Lipinski definition) is 0. The second kappa shape index (κ2) is 5.06. The van der Waals surface area contributed by atoms with Crippen molar-refractivity contribution in [3.8, 4) is 0 Å². The van der Waals surface area contributed by atoms with Crippen molar-refractivity contribution < 1.29 is 8.78 Å². The second-order valence-electron chi connectivity index (χ2n) is 4.22. The molecule has 0 fully saturated rings. The van der Waals surface area contributed by atoms with Crippen LogP contribution in [-0.4, -0.2) is 0 Å². The van der Waals surface area contributed by atoms with Gasteiger partial charge in [-0.25, -0.2) is 8.78 Å². The molecule has 0 N–H and O–H groups in total. The van der Waals surface area contributed by atoms with Crippen molar-refractivity contribution in [1.82, 2.24) is 0 Å². The van der Waals surface area contributed by atoms with Crippen molar-refractivity contribution in [3.63, 3.8) is 0 Å². The smallest absolute Gasteiger partial charge is 0.128 e. The predicted molar refractivity (Wildman–Crippen MR) is 62.2 cm³/mol. The Balaban J connectivity index is 2.98. The second-order valence-corrected chi connectivity index (χ2v) is 5.33. The first-order valence-electron chi connectivity index (χ1n) is 5.01. The zero-order valence-corrected chi connectivity index (χ0v) is 10.7. The Morgan fingerprint density at radius 2 is 1.80 bits per heavy atom. The van der Waals surface area contributed by atoms with Gasteiger partial charge >= 0.3 is 0 Å². The van der Waals surface area contributed by atoms with E-state index < -0.39 is 0 Å². The molecule has 0 spiro atoms. The molecule has 0 radical (unpaired) electrons. The van der Waals surface area contributed by atoms with Crippen LogP contribution in [0.1, 0.15) is 36.2 Å². The van der Waals surface area contributed by atoms with E-state index >= 15 is 0 Å². The van der Waals surface area contributed by atoms with Gasteiger partial charge < -0.3 is 0 Å². The molecule has 1 rings (SSSR count). The van der Waals surface area contributed by atoms with E-state index in [0.717, 1.165) is 6.42 Å². The minimum absolute atomic E-state index is 0.118. The average Bonchev–Trinajstić information content (AvgIpc) is 2.09. The number of rotatable bonds is 3. The van der Waals surface area contributed by atoms with Gasteiger partial charge in [0.25, 0.3) is 0 Å². The molecule has 0 aliphatic rings. The molecule has 0 bridgehead atoms. The number of halogens is 3. The van der Waals surface area contributed by atoms with Crippen LogP contribution in [0.4, 0.5) is 8.78 Å². The number of alkyl halides is 1. The highest BCUT2D eigenvalue weighted by molar-refractivity contribution is 9.09. The fourth-order valence-electron chi connectivity index (χ4n) is 1.44. The molecule has 1 aromatic carbocycles. The highest BCUT2D eigenvalue weighted by Gasteiger charge is 2.16. The standard InChI is InChI=1S/C12H15BrF2/c1-7(2)4-10(13)9-6-11(14)8(3)5-12(9)15/h5-7,10H,4H2,1-3H3. The summed E-state index contributed by atoms with van der Waals surface area (Å²) in [6, 6.07) is 2.53. The Morgan fingerprint density at radius 3 is 2.33 bits per heavy atom. The Bertz CT molecular complexity index is 348. The van der Waals surface area contributed by atoms with Crippen molar-refractivity contribution in [1.29, 1.82) is 0 Å². The van der Waals surface area contributed by atoms with Crippen molar-refractivity contribution >= 4 is 15.9 Å². The van der Waals surface area contributed by atoms with Crippen LogP contribution in [0, 0.1) is 24.5 Å².